The van der Waals surface area contributed by atoms with Crippen molar-refractivity contribution in [2.45, 2.75) is 71.6 Å². The predicted octanol–water partition coefficient (Wildman–Crippen LogP) is 9.65. The Balaban J connectivity index is 0.00000124. The molecule has 4 aromatic carbocycles. The smallest absolute Gasteiger partial charge is 0.0683 e. The van der Waals surface area contributed by atoms with Crippen LogP contribution in [-0.4, -0.2) is 0 Å². The predicted molar refractivity (Wildman–Crippen MR) is 151 cm³/mol. The minimum Gasteiger partial charge on any atom is -0.0683 e. The number of benzene rings is 4. The molecule has 0 aliphatic heterocycles. The zero-order chi connectivity index (χ0) is 25.2. The van der Waals surface area contributed by atoms with Gasteiger partial charge in [0, 0.05) is 0 Å². The zero-order valence-electron chi connectivity index (χ0n) is 22.6. The van der Waals surface area contributed by atoms with Crippen LogP contribution >= 0.6 is 0 Å². The molecule has 0 radical (unpaired) electrons. The second-order valence-corrected chi connectivity index (χ2v) is 11.9. The molecule has 0 heterocycles. The summed E-state index contributed by atoms with van der Waals surface area (Å²) in [7, 11) is 0. The summed E-state index contributed by atoms with van der Waals surface area (Å²) in [6.45, 7) is 17.9. The van der Waals surface area contributed by atoms with E-state index in [1.165, 1.54) is 55.6 Å². The van der Waals surface area contributed by atoms with E-state index >= 15 is 0 Å². The molecule has 2 aliphatic carbocycles. The molecule has 0 N–H and O–H groups in total. The molecule has 0 amide bonds. The van der Waals surface area contributed by atoms with Gasteiger partial charge in [0.05, 0.1) is 5.41 Å². The molecular weight excluding hydrogens is 420 g/mol. The second kappa shape index (κ2) is 7.95. The van der Waals surface area contributed by atoms with E-state index in [1.54, 1.807) is 0 Å². The summed E-state index contributed by atoms with van der Waals surface area (Å²) in [5, 5.41) is 0. The summed E-state index contributed by atoms with van der Waals surface area (Å²) in [6.07, 6.45) is 0. The third-order valence-electron chi connectivity index (χ3n) is 7.82. The molecule has 0 heteroatoms. The van der Waals surface area contributed by atoms with Gasteiger partial charge in [0.2, 0.25) is 0 Å². The van der Waals surface area contributed by atoms with Crippen LogP contribution in [0.2, 0.25) is 0 Å². The Morgan fingerprint density at radius 1 is 0.429 bits per heavy atom. The second-order valence-electron chi connectivity index (χ2n) is 11.9. The lowest BCUT2D eigenvalue weighted by Gasteiger charge is -2.32. The Kier molecular flexibility index (Phi) is 5.37. The van der Waals surface area contributed by atoms with E-state index in [0.29, 0.717) is 0 Å². The lowest BCUT2D eigenvalue weighted by molar-refractivity contribution is 0.586. The monoisotopic (exact) mass is 458 g/mol. The van der Waals surface area contributed by atoms with Crippen LogP contribution in [0.1, 0.15) is 88.8 Å². The normalized spacial score (nSPS) is 14.5. The minimum absolute atomic E-state index is 0.0964. The first-order chi connectivity index (χ1) is 16.6. The first-order valence-corrected chi connectivity index (χ1v) is 13.1. The van der Waals surface area contributed by atoms with Crippen molar-refractivity contribution in [3.63, 3.8) is 0 Å². The quantitative estimate of drug-likeness (QED) is 0.212. The third kappa shape index (κ3) is 3.26. The van der Waals surface area contributed by atoms with Crippen LogP contribution < -0.4 is 0 Å². The molecule has 4 aromatic rings. The molecule has 0 bridgehead atoms. The molecule has 0 saturated carbocycles. The van der Waals surface area contributed by atoms with Crippen LogP contribution in [0.5, 0.6) is 0 Å². The highest BCUT2D eigenvalue weighted by molar-refractivity contribution is 5.95. The van der Waals surface area contributed by atoms with Gasteiger partial charge in [-0.1, -0.05) is 140 Å². The first kappa shape index (κ1) is 23.6. The molecule has 0 fully saturated rings. The summed E-state index contributed by atoms with van der Waals surface area (Å²) in [5.41, 5.74) is 13.9. The van der Waals surface area contributed by atoms with Crippen LogP contribution in [0.4, 0.5) is 0 Å². The molecule has 0 aromatic heterocycles. The maximum absolute atomic E-state index is 2.50. The van der Waals surface area contributed by atoms with Gasteiger partial charge >= 0.3 is 0 Å². The average Bonchev–Trinajstić information content (AvgIpc) is 3.31. The average molecular weight is 459 g/mol. The molecule has 0 saturated heterocycles. The molecule has 178 valence electrons. The summed E-state index contributed by atoms with van der Waals surface area (Å²) >= 11 is 0. The van der Waals surface area contributed by atoms with Crippen LogP contribution in [0, 0.1) is 0 Å². The fourth-order valence-corrected chi connectivity index (χ4v) is 6.07. The van der Waals surface area contributed by atoms with Crippen molar-refractivity contribution in [3.05, 3.63) is 118 Å². The number of rotatable bonds is 0. The summed E-state index contributed by atoms with van der Waals surface area (Å²) in [5.74, 6) is 0. The highest BCUT2D eigenvalue weighted by Crippen LogP contribution is 2.63. The van der Waals surface area contributed by atoms with Crippen LogP contribution in [0.25, 0.3) is 22.3 Å². The van der Waals surface area contributed by atoms with E-state index in [0.717, 1.165) is 0 Å². The van der Waals surface area contributed by atoms with Crippen molar-refractivity contribution in [2.75, 3.05) is 0 Å². The van der Waals surface area contributed by atoms with E-state index in [9.17, 15) is 0 Å². The summed E-state index contributed by atoms with van der Waals surface area (Å²) < 4.78 is 0. The third-order valence-corrected chi connectivity index (χ3v) is 7.82. The maximum Gasteiger partial charge on any atom is 0.0725 e. The van der Waals surface area contributed by atoms with Crippen molar-refractivity contribution < 1.29 is 0 Å². The van der Waals surface area contributed by atoms with Gasteiger partial charge in [-0.15, -0.1) is 0 Å². The highest BCUT2D eigenvalue weighted by atomic mass is 14.5. The summed E-state index contributed by atoms with van der Waals surface area (Å²) in [4.78, 5) is 0. The van der Waals surface area contributed by atoms with Crippen molar-refractivity contribution in [1.29, 1.82) is 0 Å². The Labute approximate surface area is 212 Å². The van der Waals surface area contributed by atoms with E-state index in [2.05, 4.69) is 126 Å². The fraction of sp³-hybridized carbons (Fsp3) is 0.314. The molecule has 0 atom stereocenters. The molecular formula is C35H38. The van der Waals surface area contributed by atoms with Gasteiger partial charge in [-0.3, -0.25) is 0 Å². The molecule has 2 aliphatic rings. The van der Waals surface area contributed by atoms with Crippen molar-refractivity contribution >= 4 is 0 Å². The van der Waals surface area contributed by atoms with Gasteiger partial charge in [-0.25, -0.2) is 0 Å². The van der Waals surface area contributed by atoms with Gasteiger partial charge < -0.3 is 0 Å². The lowest BCUT2D eigenvalue weighted by Crippen LogP contribution is -2.27. The lowest BCUT2D eigenvalue weighted by atomic mass is 9.69. The van der Waals surface area contributed by atoms with Gasteiger partial charge in [0.15, 0.2) is 0 Å². The summed E-state index contributed by atoms with van der Waals surface area (Å²) in [6, 6.07) is 32.6. The standard InChI is InChI=1S/C33H32.C2H6/c1-31(2,3)21-15-17-25-26-18-16-22(32(4,5)6)20-30(26)33(29(25)19-21)27-13-9-7-11-23(27)24-12-8-10-14-28(24)33;1-2/h7-20H,1-6H3;1-2H3. The van der Waals surface area contributed by atoms with Crippen LogP contribution in [0.3, 0.4) is 0 Å². The number of fused-ring (bicyclic) bond motifs is 10. The van der Waals surface area contributed by atoms with Crippen molar-refractivity contribution in [2.24, 2.45) is 0 Å². The van der Waals surface area contributed by atoms with E-state index in [-0.39, 0.29) is 16.2 Å². The Morgan fingerprint density at radius 2 is 0.771 bits per heavy atom. The van der Waals surface area contributed by atoms with E-state index < -0.39 is 0 Å². The highest BCUT2D eigenvalue weighted by Gasteiger charge is 2.52. The molecule has 0 nitrogen and oxygen atoms in total. The minimum atomic E-state index is -0.264. The number of hydrogen-bond acceptors (Lipinski definition) is 0. The SMILES string of the molecule is CC.CC(C)(C)c1ccc2c(c1)C1(c3ccccc3-c3ccccc31)c1cc(C(C)(C)C)ccc1-2. The number of hydrogen-bond donors (Lipinski definition) is 0. The molecule has 6 rings (SSSR count). The Hall–Kier alpha value is -3.12. The van der Waals surface area contributed by atoms with Crippen LogP contribution in [-0.2, 0) is 16.2 Å². The van der Waals surface area contributed by atoms with Crippen LogP contribution in [0.15, 0.2) is 84.9 Å². The molecule has 35 heavy (non-hydrogen) atoms. The van der Waals surface area contributed by atoms with Gasteiger partial charge in [-0.2, -0.15) is 0 Å². The Morgan fingerprint density at radius 3 is 1.14 bits per heavy atom. The maximum atomic E-state index is 2.50. The van der Waals surface area contributed by atoms with Crippen molar-refractivity contribution in [1.82, 2.24) is 0 Å². The zero-order valence-corrected chi connectivity index (χ0v) is 22.6. The van der Waals surface area contributed by atoms with Crippen molar-refractivity contribution in [3.8, 4) is 22.3 Å². The Bertz CT molecular complexity index is 1310. The van der Waals surface area contributed by atoms with E-state index in [1.807, 2.05) is 13.8 Å². The molecule has 1 spiro atoms. The molecule has 0 unspecified atom stereocenters. The first-order valence-electron chi connectivity index (χ1n) is 13.1. The fourth-order valence-electron chi connectivity index (χ4n) is 6.07. The van der Waals surface area contributed by atoms with Gasteiger partial charge in [0.25, 0.3) is 0 Å². The van der Waals surface area contributed by atoms with Gasteiger partial charge in [0.1, 0.15) is 0 Å². The topological polar surface area (TPSA) is 0 Å². The van der Waals surface area contributed by atoms with E-state index in [4.69, 9.17) is 0 Å². The largest absolute Gasteiger partial charge is 0.0725 e. The van der Waals surface area contributed by atoms with Gasteiger partial charge in [-0.05, 0) is 66.5 Å².